The molecule has 3 rings (SSSR count). The standard InChI is InChI=1S/C56H78N12O14S2/c1-31(2)46(68-48(73)36(58)28-45(70)71)55(80)60-32(3)47(72)61-37(22-23-44(59)69)49(74)66-42(29-83)53(78)65-40(26-34-17-9-5-10-18-34)51(76)63-41(27-35-19-11-6-12-20-35)52(77)67-43(30-84)54(79)64-39(25-33-15-7-4-8-16-33)50(75)62-38(56(81)82)21-13-14-24-57/h4-12,15-20,31-32,36-43,46,83-84H,13-14,21-30,57-58H2,1-3H3,(H2,59,69)(H,60,80)(H,61,72)(H,62,75)(H,63,76)(H,64,79)(H,65,78)(H,66,74)(H,67,77)(H,68,73)(H,70,71)(H,81,82)/t32-,36-,37-,38-,39-,40-,41-,42-,43-,46-/m0/s1. The van der Waals surface area contributed by atoms with Crippen LogP contribution in [0.1, 0.15) is 76.0 Å². The number of hydrogen-bond donors (Lipinski definition) is 16. The van der Waals surface area contributed by atoms with Gasteiger partial charge in [-0.15, -0.1) is 0 Å². The van der Waals surface area contributed by atoms with E-state index >= 15 is 0 Å². The Hall–Kier alpha value is -8.08. The monoisotopic (exact) mass is 1210 g/mol. The number of carboxylic acid groups (broad SMARTS) is 2. The van der Waals surface area contributed by atoms with Crippen LogP contribution in [0.25, 0.3) is 0 Å². The Kier molecular flexibility index (Phi) is 30.5. The second kappa shape index (κ2) is 36.5. The minimum Gasteiger partial charge on any atom is -0.481 e. The molecule has 0 saturated carbocycles. The first kappa shape index (κ1) is 70.2. The van der Waals surface area contributed by atoms with Gasteiger partial charge in [-0.2, -0.15) is 25.3 Å². The third kappa shape index (κ3) is 24.8. The third-order valence-corrected chi connectivity index (χ3v) is 13.7. The lowest BCUT2D eigenvalue weighted by Crippen LogP contribution is -2.61. The topological polar surface area (TPSA) is 432 Å². The average Bonchev–Trinajstić information content (AvgIpc) is 3.65. The molecule has 26 nitrogen and oxygen atoms in total. The summed E-state index contributed by atoms with van der Waals surface area (Å²) >= 11 is 8.61. The number of nitrogens with one attached hydrogen (secondary N) is 9. The molecule has 0 aliphatic rings. The normalized spacial score (nSPS) is 14.6. The minimum absolute atomic E-state index is 0.0618. The van der Waals surface area contributed by atoms with E-state index < -0.39 is 150 Å². The summed E-state index contributed by atoms with van der Waals surface area (Å²) in [6.45, 7) is 4.72. The van der Waals surface area contributed by atoms with Crippen LogP contribution in [0.5, 0.6) is 0 Å². The van der Waals surface area contributed by atoms with Crippen molar-refractivity contribution in [3.05, 3.63) is 108 Å². The molecule has 0 aliphatic heterocycles. The number of amides is 10. The number of carboxylic acids is 2. The fourth-order valence-electron chi connectivity index (χ4n) is 8.25. The van der Waals surface area contributed by atoms with E-state index in [1.807, 2.05) is 0 Å². The van der Waals surface area contributed by atoms with Crippen LogP contribution in [-0.4, -0.2) is 160 Å². The van der Waals surface area contributed by atoms with Crippen LogP contribution in [-0.2, 0) is 76.8 Å². The molecular weight excluding hydrogens is 1130 g/mol. The van der Waals surface area contributed by atoms with Gasteiger partial charge in [0.15, 0.2) is 0 Å². The summed E-state index contributed by atoms with van der Waals surface area (Å²) < 4.78 is 0. The van der Waals surface area contributed by atoms with Crippen molar-refractivity contribution in [2.24, 2.45) is 23.1 Å². The number of rotatable bonds is 37. The predicted octanol–water partition coefficient (Wildman–Crippen LogP) is -2.11. The molecule has 458 valence electrons. The average molecular weight is 1210 g/mol. The van der Waals surface area contributed by atoms with Gasteiger partial charge in [-0.1, -0.05) is 105 Å². The molecule has 28 heteroatoms. The first-order valence-corrected chi connectivity index (χ1v) is 28.4. The smallest absolute Gasteiger partial charge is 0.326 e. The van der Waals surface area contributed by atoms with Gasteiger partial charge in [0.05, 0.1) is 12.5 Å². The number of unbranched alkanes of at least 4 members (excludes halogenated alkanes) is 1. The molecule has 10 atom stereocenters. The van der Waals surface area contributed by atoms with E-state index in [2.05, 4.69) is 73.1 Å². The summed E-state index contributed by atoms with van der Waals surface area (Å²) in [5.41, 5.74) is 18.4. The first-order chi connectivity index (χ1) is 39.9. The Morgan fingerprint density at radius 1 is 0.452 bits per heavy atom. The summed E-state index contributed by atoms with van der Waals surface area (Å²) in [6.07, 6.45) is -0.888. The van der Waals surface area contributed by atoms with Crippen molar-refractivity contribution in [2.75, 3.05) is 18.1 Å². The summed E-state index contributed by atoms with van der Waals surface area (Å²) in [5, 5.41) is 41.7. The molecule has 0 heterocycles. The van der Waals surface area contributed by atoms with Gasteiger partial charge < -0.3 is 75.3 Å². The Morgan fingerprint density at radius 3 is 1.18 bits per heavy atom. The van der Waals surface area contributed by atoms with Crippen LogP contribution < -0.4 is 65.1 Å². The fourth-order valence-corrected chi connectivity index (χ4v) is 8.76. The highest BCUT2D eigenvalue weighted by Gasteiger charge is 2.36. The third-order valence-electron chi connectivity index (χ3n) is 13.0. The van der Waals surface area contributed by atoms with Crippen LogP contribution in [0.4, 0.5) is 0 Å². The molecule has 0 aliphatic carbocycles. The maximum atomic E-state index is 14.6. The second-order valence-corrected chi connectivity index (χ2v) is 20.9. The van der Waals surface area contributed by atoms with Gasteiger partial charge in [0, 0.05) is 37.2 Å². The number of hydrogen-bond acceptors (Lipinski definition) is 16. The Balaban J connectivity index is 1.88. The summed E-state index contributed by atoms with van der Waals surface area (Å²) in [4.78, 5) is 159. The molecule has 0 radical (unpaired) electrons. The van der Waals surface area contributed by atoms with Crippen LogP contribution >= 0.6 is 25.3 Å². The Bertz CT molecular complexity index is 2710. The molecule has 0 aromatic heterocycles. The number of carbonyl (C=O) groups excluding carboxylic acids is 10. The Labute approximate surface area is 497 Å². The number of aliphatic carboxylic acids is 2. The van der Waals surface area contributed by atoms with Gasteiger partial charge >= 0.3 is 11.9 Å². The molecule has 0 bridgehead atoms. The zero-order valence-corrected chi connectivity index (χ0v) is 48.7. The molecule has 84 heavy (non-hydrogen) atoms. The van der Waals surface area contributed by atoms with Crippen molar-refractivity contribution in [1.82, 2.24) is 47.9 Å². The molecule has 0 spiro atoms. The molecule has 17 N–H and O–H groups in total. The van der Waals surface area contributed by atoms with Gasteiger partial charge in [-0.3, -0.25) is 52.7 Å². The maximum absolute atomic E-state index is 14.6. The van der Waals surface area contributed by atoms with Crippen LogP contribution in [0.3, 0.4) is 0 Å². The van der Waals surface area contributed by atoms with E-state index in [9.17, 15) is 62.6 Å². The number of benzene rings is 3. The van der Waals surface area contributed by atoms with Crippen LogP contribution in [0.2, 0.25) is 0 Å². The molecule has 0 fully saturated rings. The SMILES string of the molecule is CC(C)[C@H](NC(=O)[C@@H](N)CC(=O)O)C(=O)N[C@@H](C)C(=O)N[C@@H](CCC(N)=O)C(=O)N[C@@H](CS)C(=O)N[C@@H](Cc1ccccc1)C(=O)N[C@@H](Cc1ccccc1)C(=O)N[C@@H](CS)C(=O)N[C@@H](Cc1ccccc1)C(=O)N[C@@H](CCCCN)C(=O)O. The van der Waals surface area contributed by atoms with Gasteiger partial charge in [-0.25, -0.2) is 4.79 Å². The van der Waals surface area contributed by atoms with Crippen molar-refractivity contribution in [2.45, 2.75) is 139 Å². The van der Waals surface area contributed by atoms with E-state index in [0.29, 0.717) is 36.1 Å². The lowest BCUT2D eigenvalue weighted by molar-refractivity contribution is -0.142. The number of nitrogens with two attached hydrogens (primary N) is 3. The van der Waals surface area contributed by atoms with Gasteiger partial charge in [0.1, 0.15) is 54.4 Å². The van der Waals surface area contributed by atoms with Gasteiger partial charge in [0.2, 0.25) is 59.1 Å². The minimum atomic E-state index is -1.55. The first-order valence-electron chi connectivity index (χ1n) is 27.1. The van der Waals surface area contributed by atoms with Crippen molar-refractivity contribution >= 4 is 96.3 Å². The highest BCUT2D eigenvalue weighted by atomic mass is 32.1. The van der Waals surface area contributed by atoms with E-state index in [1.165, 1.54) is 6.92 Å². The zero-order chi connectivity index (χ0) is 62.5. The van der Waals surface area contributed by atoms with Crippen LogP contribution in [0.15, 0.2) is 91.0 Å². The van der Waals surface area contributed by atoms with Crippen molar-refractivity contribution < 1.29 is 67.7 Å². The van der Waals surface area contributed by atoms with Gasteiger partial charge in [0.25, 0.3) is 0 Å². The maximum Gasteiger partial charge on any atom is 0.326 e. The van der Waals surface area contributed by atoms with Crippen LogP contribution in [0, 0.1) is 5.92 Å². The van der Waals surface area contributed by atoms with E-state index in [4.69, 9.17) is 22.3 Å². The highest BCUT2D eigenvalue weighted by Crippen LogP contribution is 2.12. The number of carbonyl (C=O) groups is 12. The molecule has 10 amide bonds. The quantitative estimate of drug-likeness (QED) is 0.0217. The molecule has 3 aromatic carbocycles. The number of thiol groups is 2. The fraction of sp³-hybridized carbons (Fsp3) is 0.464. The summed E-state index contributed by atoms with van der Waals surface area (Å²) in [6, 6.07) is 11.5. The summed E-state index contributed by atoms with van der Waals surface area (Å²) in [5.74, 6) is -12.8. The lowest BCUT2D eigenvalue weighted by atomic mass is 10.0. The Morgan fingerprint density at radius 2 is 0.821 bits per heavy atom. The van der Waals surface area contributed by atoms with Gasteiger partial charge in [-0.05, 0) is 61.8 Å². The number of primary amides is 1. The molecule has 3 aromatic rings. The van der Waals surface area contributed by atoms with E-state index in [-0.39, 0.29) is 43.6 Å². The van der Waals surface area contributed by atoms with Crippen molar-refractivity contribution in [3.63, 3.8) is 0 Å². The largest absolute Gasteiger partial charge is 0.481 e. The van der Waals surface area contributed by atoms with E-state index in [0.717, 1.165) is 0 Å². The highest BCUT2D eigenvalue weighted by molar-refractivity contribution is 7.80. The second-order valence-electron chi connectivity index (χ2n) is 20.2. The van der Waals surface area contributed by atoms with E-state index in [1.54, 1.807) is 105 Å². The molecular formula is C56H78N12O14S2. The van der Waals surface area contributed by atoms with Crippen molar-refractivity contribution in [1.29, 1.82) is 0 Å². The lowest BCUT2D eigenvalue weighted by Gasteiger charge is -2.28. The predicted molar refractivity (Wildman–Crippen MR) is 315 cm³/mol. The zero-order valence-electron chi connectivity index (χ0n) is 46.9. The molecule has 0 saturated heterocycles. The molecule has 0 unspecified atom stereocenters. The summed E-state index contributed by atoms with van der Waals surface area (Å²) in [7, 11) is 0. The van der Waals surface area contributed by atoms with Crippen molar-refractivity contribution in [3.8, 4) is 0 Å².